The fourth-order valence-electron chi connectivity index (χ4n) is 4.13. The van der Waals surface area contributed by atoms with Crippen molar-refractivity contribution in [2.75, 3.05) is 10.8 Å². The van der Waals surface area contributed by atoms with Crippen LogP contribution in [-0.2, 0) is 14.8 Å². The zero-order valence-corrected chi connectivity index (χ0v) is 22.4. The van der Waals surface area contributed by atoms with Gasteiger partial charge in [-0.3, -0.25) is 9.10 Å². The van der Waals surface area contributed by atoms with Gasteiger partial charge >= 0.3 is 0 Å². The number of sulfonamides is 1. The predicted molar refractivity (Wildman–Crippen MR) is 149 cm³/mol. The number of carbonyl (C=O) groups is 1. The van der Waals surface area contributed by atoms with E-state index in [9.17, 15) is 13.2 Å². The molecular formula is C31H32N2O3S. The van der Waals surface area contributed by atoms with Gasteiger partial charge in [0.2, 0.25) is 5.91 Å². The molecule has 1 amide bonds. The Kier molecular flexibility index (Phi) is 7.79. The van der Waals surface area contributed by atoms with Crippen LogP contribution >= 0.6 is 0 Å². The van der Waals surface area contributed by atoms with Crippen molar-refractivity contribution in [3.8, 4) is 0 Å². The third-order valence-corrected chi connectivity index (χ3v) is 8.31. The maximum atomic E-state index is 13.8. The van der Waals surface area contributed by atoms with E-state index in [1.165, 1.54) is 4.31 Å². The average molecular weight is 513 g/mol. The highest BCUT2D eigenvalue weighted by atomic mass is 32.2. The lowest BCUT2D eigenvalue weighted by atomic mass is 9.98. The molecule has 37 heavy (non-hydrogen) atoms. The largest absolute Gasteiger partial charge is 0.344 e. The van der Waals surface area contributed by atoms with Crippen LogP contribution in [0.5, 0.6) is 0 Å². The zero-order chi connectivity index (χ0) is 26.6. The first-order chi connectivity index (χ1) is 17.6. The number of hydrogen-bond donors (Lipinski definition) is 1. The normalized spacial score (nSPS) is 12.1. The molecule has 1 unspecified atom stereocenters. The molecule has 0 saturated carbocycles. The second kappa shape index (κ2) is 11.0. The van der Waals surface area contributed by atoms with E-state index in [2.05, 4.69) is 5.32 Å². The smallest absolute Gasteiger partial charge is 0.264 e. The number of aryl methyl sites for hydroxylation is 4. The molecule has 4 aromatic carbocycles. The van der Waals surface area contributed by atoms with Gasteiger partial charge in [0, 0.05) is 0 Å². The number of amides is 1. The summed E-state index contributed by atoms with van der Waals surface area (Å²) in [5.41, 5.74) is 6.35. The second-order valence-electron chi connectivity index (χ2n) is 9.42. The molecule has 1 N–H and O–H groups in total. The highest BCUT2D eigenvalue weighted by Crippen LogP contribution is 2.27. The van der Waals surface area contributed by atoms with E-state index in [1.807, 2.05) is 94.4 Å². The Morgan fingerprint density at radius 1 is 0.730 bits per heavy atom. The minimum absolute atomic E-state index is 0.141. The topological polar surface area (TPSA) is 66.5 Å². The van der Waals surface area contributed by atoms with Crippen LogP contribution in [0.2, 0.25) is 0 Å². The Hall–Kier alpha value is -3.90. The summed E-state index contributed by atoms with van der Waals surface area (Å²) in [6.45, 7) is 7.46. The number of hydrogen-bond acceptors (Lipinski definition) is 3. The van der Waals surface area contributed by atoms with Crippen LogP contribution < -0.4 is 9.62 Å². The van der Waals surface area contributed by atoms with E-state index in [0.717, 1.165) is 33.4 Å². The minimum Gasteiger partial charge on any atom is -0.344 e. The third kappa shape index (κ3) is 6.09. The molecule has 0 saturated heterocycles. The molecular weight excluding hydrogens is 480 g/mol. The summed E-state index contributed by atoms with van der Waals surface area (Å²) in [6.07, 6.45) is 0. The van der Waals surface area contributed by atoms with Crippen LogP contribution in [0.15, 0.2) is 102 Å². The summed E-state index contributed by atoms with van der Waals surface area (Å²) in [5, 5.41) is 3.08. The van der Waals surface area contributed by atoms with Crippen molar-refractivity contribution >= 4 is 21.6 Å². The van der Waals surface area contributed by atoms with Crippen LogP contribution in [-0.4, -0.2) is 20.9 Å². The molecule has 0 spiro atoms. The minimum atomic E-state index is -3.99. The van der Waals surface area contributed by atoms with Gasteiger partial charge in [0.15, 0.2) is 0 Å². The number of nitrogens with zero attached hydrogens (tertiary/aromatic N) is 1. The van der Waals surface area contributed by atoms with E-state index in [-0.39, 0.29) is 11.4 Å². The molecule has 4 aromatic rings. The van der Waals surface area contributed by atoms with Crippen LogP contribution in [0.1, 0.15) is 39.4 Å². The van der Waals surface area contributed by atoms with Crippen molar-refractivity contribution in [2.24, 2.45) is 0 Å². The first-order valence-corrected chi connectivity index (χ1v) is 13.7. The molecule has 0 radical (unpaired) electrons. The molecule has 0 heterocycles. The summed E-state index contributed by atoms with van der Waals surface area (Å²) in [4.78, 5) is 13.7. The Bertz CT molecular complexity index is 1480. The van der Waals surface area contributed by atoms with E-state index in [4.69, 9.17) is 0 Å². The summed E-state index contributed by atoms with van der Waals surface area (Å²) in [5.74, 6) is -0.400. The molecule has 1 atom stereocenters. The maximum Gasteiger partial charge on any atom is 0.264 e. The van der Waals surface area contributed by atoms with Crippen molar-refractivity contribution in [3.63, 3.8) is 0 Å². The van der Waals surface area contributed by atoms with Crippen LogP contribution in [0, 0.1) is 27.7 Å². The molecule has 5 nitrogen and oxygen atoms in total. The zero-order valence-electron chi connectivity index (χ0n) is 21.6. The van der Waals surface area contributed by atoms with Gasteiger partial charge < -0.3 is 5.32 Å². The first kappa shape index (κ1) is 26.2. The number of nitrogens with one attached hydrogen (secondary N) is 1. The molecule has 190 valence electrons. The van der Waals surface area contributed by atoms with E-state index >= 15 is 0 Å². The summed E-state index contributed by atoms with van der Waals surface area (Å²) < 4.78 is 28.8. The summed E-state index contributed by atoms with van der Waals surface area (Å²) >= 11 is 0. The lowest BCUT2D eigenvalue weighted by Crippen LogP contribution is -2.42. The Morgan fingerprint density at radius 3 is 1.89 bits per heavy atom. The molecule has 0 aliphatic rings. The van der Waals surface area contributed by atoms with Gasteiger partial charge in [0.25, 0.3) is 10.0 Å². The van der Waals surface area contributed by atoms with Crippen LogP contribution in [0.4, 0.5) is 5.69 Å². The van der Waals surface area contributed by atoms with Gasteiger partial charge in [0.1, 0.15) is 6.54 Å². The second-order valence-corrected chi connectivity index (χ2v) is 11.3. The van der Waals surface area contributed by atoms with Crippen molar-refractivity contribution in [1.82, 2.24) is 5.32 Å². The molecule has 0 aromatic heterocycles. The lowest BCUT2D eigenvalue weighted by molar-refractivity contribution is -0.120. The molecule has 0 fully saturated rings. The number of benzene rings is 4. The van der Waals surface area contributed by atoms with Crippen molar-refractivity contribution in [1.29, 1.82) is 0 Å². The van der Waals surface area contributed by atoms with Gasteiger partial charge in [-0.2, -0.15) is 0 Å². The quantitative estimate of drug-likeness (QED) is 0.314. The molecule has 0 bridgehead atoms. The third-order valence-electron chi connectivity index (χ3n) is 6.52. The standard InChI is InChI=1S/C31H32N2O3S/c1-22-10-15-27(16-11-22)31(26-8-6-5-7-9-26)32-30(34)21-33(28-17-14-24(3)25(4)20-28)37(35,36)29-18-12-23(2)13-19-29/h5-20,31H,21H2,1-4H3,(H,32,34). The predicted octanol–water partition coefficient (Wildman–Crippen LogP) is 6.02. The SMILES string of the molecule is Cc1ccc(C(NC(=O)CN(c2ccc(C)c(C)c2)S(=O)(=O)c2ccc(C)cc2)c2ccccc2)cc1. The lowest BCUT2D eigenvalue weighted by Gasteiger charge is -2.27. The fraction of sp³-hybridized carbons (Fsp3) is 0.194. The van der Waals surface area contributed by atoms with Gasteiger partial charge in [-0.05, 0) is 74.2 Å². The van der Waals surface area contributed by atoms with Gasteiger partial charge in [0.05, 0.1) is 16.6 Å². The average Bonchev–Trinajstić information content (AvgIpc) is 2.89. The van der Waals surface area contributed by atoms with Crippen molar-refractivity contribution < 1.29 is 13.2 Å². The molecule has 4 rings (SSSR count). The fourth-order valence-corrected chi connectivity index (χ4v) is 5.55. The van der Waals surface area contributed by atoms with E-state index in [0.29, 0.717) is 5.69 Å². The highest BCUT2D eigenvalue weighted by molar-refractivity contribution is 7.92. The first-order valence-electron chi connectivity index (χ1n) is 12.2. The van der Waals surface area contributed by atoms with Crippen molar-refractivity contribution in [2.45, 2.75) is 38.6 Å². The monoisotopic (exact) mass is 512 g/mol. The number of anilines is 1. The molecule has 6 heteroatoms. The highest BCUT2D eigenvalue weighted by Gasteiger charge is 2.28. The summed E-state index contributed by atoms with van der Waals surface area (Å²) in [7, 11) is -3.99. The molecule has 0 aliphatic carbocycles. The number of rotatable bonds is 8. The van der Waals surface area contributed by atoms with E-state index < -0.39 is 22.0 Å². The maximum absolute atomic E-state index is 13.8. The van der Waals surface area contributed by atoms with Crippen molar-refractivity contribution in [3.05, 3.63) is 130 Å². The number of carbonyl (C=O) groups excluding carboxylic acids is 1. The Balaban J connectivity index is 1.70. The Labute approximate surface area is 219 Å². The summed E-state index contributed by atoms with van der Waals surface area (Å²) in [6, 6.07) is 29.3. The van der Waals surface area contributed by atoms with Gasteiger partial charge in [-0.25, -0.2) is 8.42 Å². The Morgan fingerprint density at radius 2 is 1.30 bits per heavy atom. The van der Waals surface area contributed by atoms with Crippen LogP contribution in [0.25, 0.3) is 0 Å². The van der Waals surface area contributed by atoms with E-state index in [1.54, 1.807) is 30.3 Å². The van der Waals surface area contributed by atoms with Gasteiger partial charge in [-0.15, -0.1) is 0 Å². The molecule has 0 aliphatic heterocycles. The van der Waals surface area contributed by atoms with Crippen LogP contribution in [0.3, 0.4) is 0 Å². The van der Waals surface area contributed by atoms with Gasteiger partial charge in [-0.1, -0.05) is 83.9 Å².